The minimum Gasteiger partial charge on any atom is -0.376 e. The van der Waals surface area contributed by atoms with Gasteiger partial charge in [-0.3, -0.25) is 10.1 Å². The first-order valence-electron chi connectivity index (χ1n) is 6.74. The van der Waals surface area contributed by atoms with Crippen molar-refractivity contribution in [3.63, 3.8) is 0 Å². The van der Waals surface area contributed by atoms with E-state index in [1.807, 2.05) is 6.92 Å². The fraction of sp³-hybridized carbons (Fsp3) is 0.400. The highest BCUT2D eigenvalue weighted by Gasteiger charge is 2.19. The first-order chi connectivity index (χ1) is 9.77. The molecule has 1 unspecified atom stereocenters. The fourth-order valence-electron chi connectivity index (χ4n) is 1.82. The second-order valence-corrected chi connectivity index (χ2v) is 6.88. The number of benzene rings is 1. The van der Waals surface area contributed by atoms with Crippen molar-refractivity contribution in [3.05, 3.63) is 50.5 Å². The molecule has 0 radical (unpaired) electrons. The van der Waals surface area contributed by atoms with Crippen molar-refractivity contribution in [2.75, 3.05) is 5.32 Å². The van der Waals surface area contributed by atoms with Crippen molar-refractivity contribution in [2.45, 2.75) is 39.2 Å². The number of non-ortho nitro benzene ring substituents is 1. The lowest BCUT2D eigenvalue weighted by molar-refractivity contribution is -0.384. The van der Waals surface area contributed by atoms with Crippen LogP contribution in [0.2, 0.25) is 0 Å². The maximum Gasteiger partial charge on any atom is 0.269 e. The third-order valence-electron chi connectivity index (χ3n) is 3.12. The topological polar surface area (TPSA) is 68.1 Å². The largest absolute Gasteiger partial charge is 0.376 e. The molecule has 1 aromatic heterocycles. The van der Waals surface area contributed by atoms with Crippen molar-refractivity contribution in [3.8, 4) is 0 Å². The Kier molecular flexibility index (Phi) is 4.27. The summed E-state index contributed by atoms with van der Waals surface area (Å²) in [5.74, 6) is 0. The molecule has 0 bridgehead atoms. The molecule has 112 valence electrons. The van der Waals surface area contributed by atoms with Crippen molar-refractivity contribution in [1.29, 1.82) is 0 Å². The Morgan fingerprint density at radius 1 is 1.29 bits per heavy atom. The normalized spacial score (nSPS) is 13.0. The second kappa shape index (κ2) is 5.81. The van der Waals surface area contributed by atoms with Gasteiger partial charge in [0.2, 0.25) is 0 Å². The van der Waals surface area contributed by atoms with Gasteiger partial charge < -0.3 is 5.32 Å². The summed E-state index contributed by atoms with van der Waals surface area (Å²) >= 11 is 1.63. The van der Waals surface area contributed by atoms with Crippen LogP contribution in [0.3, 0.4) is 0 Å². The number of thiazole rings is 1. The predicted octanol–water partition coefficient (Wildman–Crippen LogP) is 4.52. The average Bonchev–Trinajstić information content (AvgIpc) is 2.88. The van der Waals surface area contributed by atoms with Gasteiger partial charge in [-0.1, -0.05) is 20.8 Å². The molecule has 0 amide bonds. The van der Waals surface area contributed by atoms with E-state index in [0.29, 0.717) is 0 Å². The van der Waals surface area contributed by atoms with Gasteiger partial charge in [-0.05, 0) is 19.1 Å². The molecule has 2 aromatic rings. The molecular formula is C15H19N3O2S. The maximum absolute atomic E-state index is 10.6. The lowest BCUT2D eigenvalue weighted by Crippen LogP contribution is -2.13. The SMILES string of the molecule is CC(Nc1ccc([N+](=O)[O-])cc1)c1nc(C(C)(C)C)cs1. The Hall–Kier alpha value is -1.95. The Labute approximate surface area is 128 Å². The second-order valence-electron chi connectivity index (χ2n) is 5.99. The van der Waals surface area contributed by atoms with Crippen LogP contribution in [-0.4, -0.2) is 9.91 Å². The molecule has 0 spiro atoms. The molecule has 1 aromatic carbocycles. The van der Waals surface area contributed by atoms with E-state index < -0.39 is 4.92 Å². The summed E-state index contributed by atoms with van der Waals surface area (Å²) < 4.78 is 0. The van der Waals surface area contributed by atoms with Gasteiger partial charge in [0.05, 0.1) is 16.7 Å². The lowest BCUT2D eigenvalue weighted by atomic mass is 9.93. The zero-order chi connectivity index (χ0) is 15.6. The van der Waals surface area contributed by atoms with Crippen molar-refractivity contribution in [1.82, 2.24) is 4.98 Å². The molecule has 0 saturated heterocycles. The molecule has 6 heteroatoms. The Balaban J connectivity index is 2.09. The molecule has 0 saturated carbocycles. The number of hydrogen-bond acceptors (Lipinski definition) is 5. The van der Waals surface area contributed by atoms with Crippen LogP contribution in [-0.2, 0) is 5.41 Å². The fourth-order valence-corrected chi connectivity index (χ4v) is 2.87. The number of nitro benzene ring substituents is 1. The highest BCUT2D eigenvalue weighted by Crippen LogP contribution is 2.28. The van der Waals surface area contributed by atoms with Crippen LogP contribution in [0.4, 0.5) is 11.4 Å². The minimum atomic E-state index is -0.399. The first-order valence-corrected chi connectivity index (χ1v) is 7.62. The first kappa shape index (κ1) is 15.4. The van der Waals surface area contributed by atoms with E-state index in [0.717, 1.165) is 16.4 Å². The highest BCUT2D eigenvalue weighted by molar-refractivity contribution is 7.09. The van der Waals surface area contributed by atoms with Crippen LogP contribution in [0.25, 0.3) is 0 Å². The summed E-state index contributed by atoms with van der Waals surface area (Å²) in [7, 11) is 0. The summed E-state index contributed by atoms with van der Waals surface area (Å²) in [6.45, 7) is 8.45. The number of hydrogen-bond donors (Lipinski definition) is 1. The van der Waals surface area contributed by atoms with E-state index in [9.17, 15) is 10.1 Å². The molecule has 2 rings (SSSR count). The summed E-state index contributed by atoms with van der Waals surface area (Å²) in [5, 5.41) is 17.0. The summed E-state index contributed by atoms with van der Waals surface area (Å²) in [5.41, 5.74) is 2.07. The van der Waals surface area contributed by atoms with Crippen LogP contribution in [0.1, 0.15) is 44.4 Å². The number of aromatic nitrogens is 1. The molecule has 21 heavy (non-hydrogen) atoms. The van der Waals surface area contributed by atoms with E-state index >= 15 is 0 Å². The average molecular weight is 305 g/mol. The molecule has 0 aliphatic carbocycles. The smallest absolute Gasteiger partial charge is 0.269 e. The van der Waals surface area contributed by atoms with Gasteiger partial charge in [0.1, 0.15) is 5.01 Å². The van der Waals surface area contributed by atoms with E-state index in [-0.39, 0.29) is 17.1 Å². The van der Waals surface area contributed by atoms with Crippen LogP contribution in [0.15, 0.2) is 29.6 Å². The lowest BCUT2D eigenvalue weighted by Gasteiger charge is -2.15. The van der Waals surface area contributed by atoms with Crippen molar-refractivity contribution >= 4 is 22.7 Å². The van der Waals surface area contributed by atoms with Gasteiger partial charge in [0, 0.05) is 28.6 Å². The van der Waals surface area contributed by atoms with Crippen molar-refractivity contribution in [2.24, 2.45) is 0 Å². The van der Waals surface area contributed by atoms with Crippen LogP contribution in [0, 0.1) is 10.1 Å². The molecule has 1 atom stereocenters. The van der Waals surface area contributed by atoms with Gasteiger partial charge >= 0.3 is 0 Å². The van der Waals surface area contributed by atoms with Gasteiger partial charge in [-0.25, -0.2) is 4.98 Å². The summed E-state index contributed by atoms with van der Waals surface area (Å²) in [6.07, 6.45) is 0. The van der Waals surface area contributed by atoms with E-state index in [1.54, 1.807) is 23.5 Å². The number of nitro groups is 1. The molecule has 1 heterocycles. The summed E-state index contributed by atoms with van der Waals surface area (Å²) in [4.78, 5) is 14.9. The highest BCUT2D eigenvalue weighted by atomic mass is 32.1. The third kappa shape index (κ3) is 3.78. The Bertz CT molecular complexity index is 629. The zero-order valence-corrected chi connectivity index (χ0v) is 13.4. The number of nitrogens with one attached hydrogen (secondary N) is 1. The van der Waals surface area contributed by atoms with E-state index in [1.165, 1.54) is 12.1 Å². The monoisotopic (exact) mass is 305 g/mol. The Morgan fingerprint density at radius 2 is 1.90 bits per heavy atom. The third-order valence-corrected chi connectivity index (χ3v) is 4.15. The van der Waals surface area contributed by atoms with Gasteiger partial charge in [0.15, 0.2) is 0 Å². The van der Waals surface area contributed by atoms with Crippen molar-refractivity contribution < 1.29 is 4.92 Å². The van der Waals surface area contributed by atoms with Gasteiger partial charge in [0.25, 0.3) is 5.69 Å². The molecule has 0 fully saturated rings. The van der Waals surface area contributed by atoms with E-state index in [2.05, 4.69) is 36.5 Å². The zero-order valence-electron chi connectivity index (χ0n) is 12.6. The quantitative estimate of drug-likeness (QED) is 0.666. The standard InChI is InChI=1S/C15H19N3O2S/c1-10(14-17-13(9-21-14)15(2,3)4)16-11-5-7-12(8-6-11)18(19)20/h5-10,16H,1-4H3. The molecule has 0 aliphatic rings. The molecule has 1 N–H and O–H groups in total. The summed E-state index contributed by atoms with van der Waals surface area (Å²) in [6, 6.07) is 6.49. The Morgan fingerprint density at radius 3 is 2.38 bits per heavy atom. The van der Waals surface area contributed by atoms with Crippen LogP contribution < -0.4 is 5.32 Å². The maximum atomic E-state index is 10.6. The van der Waals surface area contributed by atoms with Gasteiger partial charge in [-0.15, -0.1) is 11.3 Å². The molecular weight excluding hydrogens is 286 g/mol. The number of anilines is 1. The number of nitrogens with zero attached hydrogens (tertiary/aromatic N) is 2. The molecule has 0 aliphatic heterocycles. The van der Waals surface area contributed by atoms with Crippen LogP contribution >= 0.6 is 11.3 Å². The van der Waals surface area contributed by atoms with Crippen LogP contribution in [0.5, 0.6) is 0 Å². The molecule has 5 nitrogen and oxygen atoms in total. The number of rotatable bonds is 4. The van der Waals surface area contributed by atoms with E-state index in [4.69, 9.17) is 0 Å². The predicted molar refractivity (Wildman–Crippen MR) is 85.9 cm³/mol. The van der Waals surface area contributed by atoms with Gasteiger partial charge in [-0.2, -0.15) is 0 Å². The minimum absolute atomic E-state index is 0.0435.